The fourth-order valence-corrected chi connectivity index (χ4v) is 7.08. The van der Waals surface area contributed by atoms with E-state index in [4.69, 9.17) is 4.74 Å². The van der Waals surface area contributed by atoms with Gasteiger partial charge in [0.1, 0.15) is 0 Å². The van der Waals surface area contributed by atoms with Gasteiger partial charge in [0.15, 0.2) is 0 Å². The van der Waals surface area contributed by atoms with Crippen molar-refractivity contribution in [3.8, 4) is 0 Å². The molecular weight excluding hydrogens is 294 g/mol. The lowest BCUT2D eigenvalue weighted by molar-refractivity contribution is -0.207. The van der Waals surface area contributed by atoms with Crippen LogP contribution in [0.25, 0.3) is 0 Å². The largest absolute Gasteiger partial charge is 0.460 e. The van der Waals surface area contributed by atoms with Crippen LogP contribution in [-0.4, -0.2) is 17.8 Å². The summed E-state index contributed by atoms with van der Waals surface area (Å²) in [5.41, 5.74) is 0.651. The summed E-state index contributed by atoms with van der Waals surface area (Å²) >= 11 is 3.00. The molecule has 0 saturated heterocycles. The van der Waals surface area contributed by atoms with E-state index in [2.05, 4.69) is 33.4 Å². The molecule has 0 radical (unpaired) electrons. The highest BCUT2D eigenvalue weighted by molar-refractivity contribution is 7.82. The topological polar surface area (TPSA) is 26.3 Å². The zero-order valence-corrected chi connectivity index (χ0v) is 13.9. The van der Waals surface area contributed by atoms with Crippen molar-refractivity contribution in [2.75, 3.05) is 6.61 Å². The maximum atomic E-state index is 12.9. The molecule has 0 aromatic rings. The second kappa shape index (κ2) is 4.15. The lowest BCUT2D eigenvalue weighted by Gasteiger charge is -2.68. The van der Waals surface area contributed by atoms with Crippen LogP contribution >= 0.6 is 12.6 Å². The Kier molecular flexibility index (Phi) is 3.08. The molecule has 5 heteroatoms. The summed E-state index contributed by atoms with van der Waals surface area (Å²) in [6.45, 7) is 7.04. The van der Waals surface area contributed by atoms with Crippen LogP contribution in [0.5, 0.6) is 0 Å². The normalized spacial score (nSPS) is 48.5. The molecule has 120 valence electrons. The minimum absolute atomic E-state index is 0.114. The van der Waals surface area contributed by atoms with Crippen LogP contribution < -0.4 is 0 Å². The molecule has 0 aromatic heterocycles. The lowest BCUT2D eigenvalue weighted by atomic mass is 9.36. The molecule has 0 amide bonds. The van der Waals surface area contributed by atoms with Gasteiger partial charge in [0.2, 0.25) is 0 Å². The Morgan fingerprint density at radius 2 is 1.38 bits per heavy atom. The number of hydrogen-bond acceptors (Lipinski definition) is 3. The molecule has 0 N–H and O–H groups in total. The Bertz CT molecular complexity index is 432. The maximum Gasteiger partial charge on any atom is 0.388 e. The van der Waals surface area contributed by atoms with Gasteiger partial charge in [-0.15, -0.1) is 0 Å². The molecule has 0 atom stereocenters. The highest BCUT2D eigenvalue weighted by atomic mass is 32.1. The first kappa shape index (κ1) is 15.6. The van der Waals surface area contributed by atoms with E-state index < -0.39 is 11.2 Å². The van der Waals surface area contributed by atoms with E-state index in [1.807, 2.05) is 0 Å². The summed E-state index contributed by atoms with van der Waals surface area (Å²) < 4.78 is 30.7. The Morgan fingerprint density at radius 3 is 1.71 bits per heavy atom. The van der Waals surface area contributed by atoms with Gasteiger partial charge in [-0.25, -0.2) is 4.79 Å². The van der Waals surface area contributed by atoms with Crippen LogP contribution in [0.4, 0.5) is 8.78 Å². The molecule has 0 aliphatic heterocycles. The van der Waals surface area contributed by atoms with Crippen molar-refractivity contribution in [2.24, 2.45) is 21.7 Å². The average Bonchev–Trinajstić information content (AvgIpc) is 2.17. The molecule has 0 aromatic carbocycles. The molecule has 2 nitrogen and oxygen atoms in total. The van der Waals surface area contributed by atoms with Crippen LogP contribution in [0.3, 0.4) is 0 Å². The SMILES string of the molecule is CC12CC3(C)CC(C)(C1)CC(COC(=O)C(F)(F)S)(C2)C3. The minimum atomic E-state index is -3.69. The van der Waals surface area contributed by atoms with Crippen molar-refractivity contribution in [1.29, 1.82) is 0 Å². The number of halogens is 2. The number of esters is 1. The van der Waals surface area contributed by atoms with Crippen molar-refractivity contribution < 1.29 is 18.3 Å². The van der Waals surface area contributed by atoms with E-state index in [1.54, 1.807) is 0 Å². The van der Waals surface area contributed by atoms with Gasteiger partial charge in [0, 0.05) is 5.41 Å². The van der Waals surface area contributed by atoms with Crippen molar-refractivity contribution in [1.82, 2.24) is 0 Å². The standard InChI is InChI=1S/C16H24F2O2S/c1-12-4-13(2)6-14(3,5-12)9-15(7-12,8-13)10-20-11(19)16(17,18)21/h21H,4-10H2,1-3H3. The second-order valence-corrected chi connectivity index (χ2v) is 9.67. The van der Waals surface area contributed by atoms with Gasteiger partial charge in [-0.1, -0.05) is 33.4 Å². The van der Waals surface area contributed by atoms with E-state index in [1.165, 1.54) is 19.3 Å². The molecule has 4 fully saturated rings. The van der Waals surface area contributed by atoms with Crippen LogP contribution in [0.15, 0.2) is 0 Å². The Balaban J connectivity index is 1.80. The highest BCUT2D eigenvalue weighted by Gasteiger charge is 2.64. The third-order valence-corrected chi connectivity index (χ3v) is 5.90. The number of carbonyl (C=O) groups excluding carboxylic acids is 1. The van der Waals surface area contributed by atoms with Gasteiger partial charge in [-0.2, -0.15) is 8.78 Å². The van der Waals surface area contributed by atoms with Crippen molar-refractivity contribution in [2.45, 2.75) is 64.6 Å². The second-order valence-electron chi connectivity index (χ2n) is 9.11. The van der Waals surface area contributed by atoms with Crippen molar-refractivity contribution >= 4 is 18.6 Å². The van der Waals surface area contributed by atoms with Gasteiger partial charge >= 0.3 is 11.2 Å². The van der Waals surface area contributed by atoms with E-state index in [0.717, 1.165) is 19.3 Å². The monoisotopic (exact) mass is 318 g/mol. The number of ether oxygens (including phenoxy) is 1. The molecule has 21 heavy (non-hydrogen) atoms. The fraction of sp³-hybridized carbons (Fsp3) is 0.938. The molecule has 4 aliphatic rings. The molecule has 0 unspecified atom stereocenters. The summed E-state index contributed by atoms with van der Waals surface area (Å²) in [7, 11) is 0. The Morgan fingerprint density at radius 1 is 1.00 bits per heavy atom. The molecule has 4 saturated carbocycles. The first-order valence-electron chi connectivity index (χ1n) is 7.64. The average molecular weight is 318 g/mol. The van der Waals surface area contributed by atoms with E-state index >= 15 is 0 Å². The Labute approximate surface area is 130 Å². The van der Waals surface area contributed by atoms with Gasteiger partial charge < -0.3 is 4.74 Å². The van der Waals surface area contributed by atoms with Gasteiger partial charge in [-0.3, -0.25) is 0 Å². The maximum absolute atomic E-state index is 12.9. The first-order chi connectivity index (χ1) is 9.37. The number of carbonyl (C=O) groups is 1. The fourth-order valence-electron chi connectivity index (χ4n) is 7.02. The first-order valence-corrected chi connectivity index (χ1v) is 8.09. The lowest BCUT2D eigenvalue weighted by Crippen LogP contribution is -2.60. The summed E-state index contributed by atoms with van der Waals surface area (Å²) in [6, 6.07) is 0. The number of thiol groups is 1. The van der Waals surface area contributed by atoms with Crippen LogP contribution in [0.1, 0.15) is 59.3 Å². The van der Waals surface area contributed by atoms with Crippen LogP contribution in [-0.2, 0) is 9.53 Å². The summed E-state index contributed by atoms with van der Waals surface area (Å²) in [5, 5.41) is -3.69. The zero-order valence-electron chi connectivity index (χ0n) is 13.0. The van der Waals surface area contributed by atoms with Gasteiger partial charge in [0.25, 0.3) is 0 Å². The molecule has 0 heterocycles. The summed E-state index contributed by atoms with van der Waals surface area (Å²) in [6.07, 6.45) is 6.56. The number of alkyl halides is 2. The smallest absolute Gasteiger partial charge is 0.388 e. The number of hydrogen-bond donors (Lipinski definition) is 1. The molecular formula is C16H24F2O2S. The zero-order chi connectivity index (χ0) is 15.7. The van der Waals surface area contributed by atoms with E-state index in [-0.39, 0.29) is 28.3 Å². The Hall–Kier alpha value is -0.320. The van der Waals surface area contributed by atoms with E-state index in [0.29, 0.717) is 0 Å². The molecule has 4 aliphatic carbocycles. The summed E-state index contributed by atoms with van der Waals surface area (Å²) in [4.78, 5) is 11.3. The summed E-state index contributed by atoms with van der Waals surface area (Å²) in [5.74, 6) is -1.51. The van der Waals surface area contributed by atoms with E-state index in [9.17, 15) is 13.6 Å². The minimum Gasteiger partial charge on any atom is -0.460 e. The molecule has 0 spiro atoms. The van der Waals surface area contributed by atoms with Crippen molar-refractivity contribution in [3.63, 3.8) is 0 Å². The third-order valence-electron chi connectivity index (χ3n) is 5.72. The number of rotatable bonds is 3. The molecule has 4 rings (SSSR count). The predicted octanol–water partition coefficient (Wildman–Crippen LogP) is 4.44. The highest BCUT2D eigenvalue weighted by Crippen LogP contribution is 2.73. The van der Waals surface area contributed by atoms with Crippen LogP contribution in [0.2, 0.25) is 0 Å². The predicted molar refractivity (Wildman–Crippen MR) is 79.3 cm³/mol. The van der Waals surface area contributed by atoms with Gasteiger partial charge in [0.05, 0.1) is 6.61 Å². The quantitative estimate of drug-likeness (QED) is 0.615. The third kappa shape index (κ3) is 2.71. The van der Waals surface area contributed by atoms with Crippen LogP contribution in [0, 0.1) is 21.7 Å². The van der Waals surface area contributed by atoms with Crippen molar-refractivity contribution in [3.05, 3.63) is 0 Å². The van der Waals surface area contributed by atoms with Gasteiger partial charge in [-0.05, 0) is 54.8 Å². The molecule has 4 bridgehead atoms.